The fraction of sp³-hybridized carbons (Fsp3) is 0.200. The average Bonchev–Trinajstić information content (AvgIpc) is 3.06. The van der Waals surface area contributed by atoms with Crippen molar-refractivity contribution in [1.29, 1.82) is 0 Å². The molecule has 1 aliphatic heterocycles. The molecule has 2 aromatic rings. The van der Waals surface area contributed by atoms with E-state index in [1.54, 1.807) is 11.4 Å². The molecule has 1 unspecified atom stereocenters. The average molecular weight is 410 g/mol. The summed E-state index contributed by atoms with van der Waals surface area (Å²) in [7, 11) is 0. The molecule has 1 fully saturated rings. The standard InChI is InChI=1S/C15H12BrN3O4S/c16-9-3-1-2-4-10(9)18-11-6-12(20)19(14(11)23)15-17-8(7-24-15)5-13(21)22/h1-4,7,11,18H,5-6H2,(H,21,22). The molecule has 24 heavy (non-hydrogen) atoms. The smallest absolute Gasteiger partial charge is 0.309 e. The summed E-state index contributed by atoms with van der Waals surface area (Å²) in [4.78, 5) is 40.6. The van der Waals surface area contributed by atoms with E-state index in [0.29, 0.717) is 5.69 Å². The van der Waals surface area contributed by atoms with Crippen molar-refractivity contribution in [3.05, 3.63) is 39.8 Å². The second kappa shape index (κ2) is 6.70. The van der Waals surface area contributed by atoms with Crippen molar-refractivity contribution in [2.45, 2.75) is 18.9 Å². The van der Waals surface area contributed by atoms with Crippen LogP contribution >= 0.6 is 27.3 Å². The molecule has 124 valence electrons. The molecule has 0 saturated carbocycles. The van der Waals surface area contributed by atoms with Crippen molar-refractivity contribution in [2.24, 2.45) is 0 Å². The number of nitrogens with zero attached hydrogens (tertiary/aromatic N) is 2. The lowest BCUT2D eigenvalue weighted by atomic mass is 10.2. The Morgan fingerprint density at radius 1 is 1.42 bits per heavy atom. The minimum atomic E-state index is -1.01. The lowest BCUT2D eigenvalue weighted by Gasteiger charge is -2.14. The Bertz CT molecular complexity index is 823. The predicted molar refractivity (Wildman–Crippen MR) is 92.1 cm³/mol. The van der Waals surface area contributed by atoms with Gasteiger partial charge >= 0.3 is 5.97 Å². The molecule has 1 atom stereocenters. The number of thiazole rings is 1. The molecular formula is C15H12BrN3O4S. The fourth-order valence-corrected chi connectivity index (χ4v) is 3.59. The Labute approximate surface area is 149 Å². The summed E-state index contributed by atoms with van der Waals surface area (Å²) in [5.41, 5.74) is 1.04. The molecule has 0 radical (unpaired) electrons. The summed E-state index contributed by atoms with van der Waals surface area (Å²) in [5.74, 6) is -1.77. The number of halogens is 1. The van der Waals surface area contributed by atoms with Crippen LogP contribution in [0.5, 0.6) is 0 Å². The number of rotatable bonds is 5. The van der Waals surface area contributed by atoms with Gasteiger partial charge in [0.25, 0.3) is 5.91 Å². The van der Waals surface area contributed by atoms with Gasteiger partial charge in [0.1, 0.15) is 6.04 Å². The Hall–Kier alpha value is -2.26. The number of carboxylic acids is 1. The van der Waals surface area contributed by atoms with E-state index in [4.69, 9.17) is 5.11 Å². The highest BCUT2D eigenvalue weighted by atomic mass is 79.9. The number of anilines is 2. The summed E-state index contributed by atoms with van der Waals surface area (Å²) in [6, 6.07) is 6.63. The maximum atomic E-state index is 12.5. The van der Waals surface area contributed by atoms with E-state index < -0.39 is 17.9 Å². The van der Waals surface area contributed by atoms with Gasteiger partial charge in [0.05, 0.1) is 18.5 Å². The fourth-order valence-electron chi connectivity index (χ4n) is 2.35. The van der Waals surface area contributed by atoms with Gasteiger partial charge in [0.15, 0.2) is 5.13 Å². The van der Waals surface area contributed by atoms with Crippen LogP contribution < -0.4 is 10.2 Å². The van der Waals surface area contributed by atoms with Crippen molar-refractivity contribution in [3.8, 4) is 0 Å². The molecule has 1 aliphatic rings. The van der Waals surface area contributed by atoms with E-state index in [0.717, 1.165) is 26.4 Å². The SMILES string of the molecule is O=C(O)Cc1csc(N2C(=O)CC(Nc3ccccc3Br)C2=O)n1. The summed E-state index contributed by atoms with van der Waals surface area (Å²) in [6.45, 7) is 0. The molecule has 3 rings (SSSR count). The molecule has 2 heterocycles. The van der Waals surface area contributed by atoms with Gasteiger partial charge in [-0.05, 0) is 28.1 Å². The van der Waals surface area contributed by atoms with Crippen LogP contribution in [0, 0.1) is 0 Å². The maximum absolute atomic E-state index is 12.5. The lowest BCUT2D eigenvalue weighted by molar-refractivity contribution is -0.136. The maximum Gasteiger partial charge on any atom is 0.309 e. The van der Waals surface area contributed by atoms with E-state index in [2.05, 4.69) is 26.2 Å². The van der Waals surface area contributed by atoms with Gasteiger partial charge in [-0.1, -0.05) is 12.1 Å². The largest absolute Gasteiger partial charge is 0.481 e. The zero-order valence-electron chi connectivity index (χ0n) is 12.2. The zero-order chi connectivity index (χ0) is 17.3. The highest BCUT2D eigenvalue weighted by molar-refractivity contribution is 9.10. The van der Waals surface area contributed by atoms with Gasteiger partial charge in [0.2, 0.25) is 5.91 Å². The molecule has 1 aromatic heterocycles. The number of carboxylic acid groups (broad SMARTS) is 1. The van der Waals surface area contributed by atoms with Crippen molar-refractivity contribution >= 4 is 55.9 Å². The summed E-state index contributed by atoms with van der Waals surface area (Å²) >= 11 is 4.47. The van der Waals surface area contributed by atoms with Gasteiger partial charge < -0.3 is 10.4 Å². The first-order valence-electron chi connectivity index (χ1n) is 7.00. The predicted octanol–water partition coefficient (Wildman–Crippen LogP) is 2.28. The van der Waals surface area contributed by atoms with Crippen molar-refractivity contribution in [2.75, 3.05) is 10.2 Å². The number of hydrogen-bond acceptors (Lipinski definition) is 6. The number of benzene rings is 1. The minimum absolute atomic E-state index is 0.0218. The molecule has 1 saturated heterocycles. The van der Waals surface area contributed by atoms with E-state index >= 15 is 0 Å². The quantitative estimate of drug-likeness (QED) is 0.734. The third-order valence-electron chi connectivity index (χ3n) is 3.41. The van der Waals surface area contributed by atoms with Crippen LogP contribution in [-0.2, 0) is 20.8 Å². The second-order valence-electron chi connectivity index (χ2n) is 5.14. The molecule has 2 amide bonds. The van der Waals surface area contributed by atoms with Crippen LogP contribution in [0.15, 0.2) is 34.1 Å². The number of nitrogens with one attached hydrogen (secondary N) is 1. The number of para-hydroxylation sites is 1. The molecule has 9 heteroatoms. The van der Waals surface area contributed by atoms with Gasteiger partial charge in [-0.25, -0.2) is 9.88 Å². The van der Waals surface area contributed by atoms with Crippen LogP contribution in [0.25, 0.3) is 0 Å². The van der Waals surface area contributed by atoms with Gasteiger partial charge in [-0.3, -0.25) is 14.4 Å². The number of carbonyl (C=O) groups excluding carboxylic acids is 2. The van der Waals surface area contributed by atoms with Crippen molar-refractivity contribution < 1.29 is 19.5 Å². The van der Waals surface area contributed by atoms with Crippen LogP contribution in [-0.4, -0.2) is 33.9 Å². The number of imide groups is 1. The molecule has 0 spiro atoms. The Morgan fingerprint density at radius 2 is 2.17 bits per heavy atom. The molecule has 0 bridgehead atoms. The van der Waals surface area contributed by atoms with E-state index in [1.165, 1.54) is 0 Å². The lowest BCUT2D eigenvalue weighted by Crippen LogP contribution is -2.34. The van der Waals surface area contributed by atoms with E-state index in [9.17, 15) is 14.4 Å². The third kappa shape index (κ3) is 3.31. The molecule has 0 aliphatic carbocycles. The summed E-state index contributed by atoms with van der Waals surface area (Å²) in [6.07, 6.45) is -0.223. The molecule has 7 nitrogen and oxygen atoms in total. The first kappa shape index (κ1) is 16.6. The van der Waals surface area contributed by atoms with Gasteiger partial charge in [-0.2, -0.15) is 0 Å². The number of carbonyl (C=O) groups is 3. The van der Waals surface area contributed by atoms with Crippen LogP contribution in [0.3, 0.4) is 0 Å². The monoisotopic (exact) mass is 409 g/mol. The van der Waals surface area contributed by atoms with Gasteiger partial charge in [0, 0.05) is 15.5 Å². The number of aliphatic carboxylic acids is 1. The second-order valence-corrected chi connectivity index (χ2v) is 6.83. The number of hydrogen-bond donors (Lipinski definition) is 2. The summed E-state index contributed by atoms with van der Waals surface area (Å²) < 4.78 is 0.793. The molecular weight excluding hydrogens is 398 g/mol. The third-order valence-corrected chi connectivity index (χ3v) is 4.98. The van der Waals surface area contributed by atoms with Crippen molar-refractivity contribution in [1.82, 2.24) is 4.98 Å². The highest BCUT2D eigenvalue weighted by Crippen LogP contribution is 2.29. The summed E-state index contributed by atoms with van der Waals surface area (Å²) in [5, 5.41) is 13.6. The first-order valence-corrected chi connectivity index (χ1v) is 8.67. The zero-order valence-corrected chi connectivity index (χ0v) is 14.6. The Morgan fingerprint density at radius 3 is 2.88 bits per heavy atom. The van der Waals surface area contributed by atoms with Crippen LogP contribution in [0.4, 0.5) is 10.8 Å². The number of amides is 2. The molecule has 1 aromatic carbocycles. The first-order chi connectivity index (χ1) is 11.5. The Balaban J connectivity index is 1.78. The molecule has 2 N–H and O–H groups in total. The minimum Gasteiger partial charge on any atom is -0.481 e. The van der Waals surface area contributed by atoms with Gasteiger partial charge in [-0.15, -0.1) is 11.3 Å². The normalized spacial score (nSPS) is 17.4. The topological polar surface area (TPSA) is 99.6 Å². The van der Waals surface area contributed by atoms with E-state index in [1.807, 2.05) is 18.2 Å². The van der Waals surface area contributed by atoms with E-state index in [-0.39, 0.29) is 23.9 Å². The van der Waals surface area contributed by atoms with Crippen molar-refractivity contribution in [3.63, 3.8) is 0 Å². The Kier molecular flexibility index (Phi) is 4.63. The van der Waals surface area contributed by atoms with Crippen LogP contribution in [0.1, 0.15) is 12.1 Å². The highest BCUT2D eigenvalue weighted by Gasteiger charge is 2.41. The number of aromatic nitrogens is 1. The van der Waals surface area contributed by atoms with Crippen LogP contribution in [0.2, 0.25) is 0 Å².